The second kappa shape index (κ2) is 6.55. The van der Waals surface area contributed by atoms with Gasteiger partial charge in [0, 0.05) is 22.5 Å². The molecule has 1 amide bonds. The van der Waals surface area contributed by atoms with Crippen molar-refractivity contribution in [1.29, 1.82) is 0 Å². The number of rotatable bonds is 4. The first kappa shape index (κ1) is 15.1. The van der Waals surface area contributed by atoms with Gasteiger partial charge in [0.1, 0.15) is 0 Å². The van der Waals surface area contributed by atoms with Crippen molar-refractivity contribution < 1.29 is 4.79 Å². The van der Waals surface area contributed by atoms with Crippen LogP contribution in [0.1, 0.15) is 30.7 Å². The van der Waals surface area contributed by atoms with E-state index in [0.717, 1.165) is 31.6 Å². The predicted molar refractivity (Wildman–Crippen MR) is 85.9 cm³/mol. The number of nitrogens with one attached hydrogen (secondary N) is 2. The molecule has 1 aromatic rings. The molecule has 3 nitrogen and oxygen atoms in total. The topological polar surface area (TPSA) is 41.1 Å². The van der Waals surface area contributed by atoms with Gasteiger partial charge in [-0.1, -0.05) is 23.2 Å². The Kier molecular flexibility index (Phi) is 4.72. The van der Waals surface area contributed by atoms with E-state index in [9.17, 15) is 4.79 Å². The fourth-order valence-electron chi connectivity index (χ4n) is 3.12. The highest BCUT2D eigenvalue weighted by Crippen LogP contribution is 2.48. The van der Waals surface area contributed by atoms with Crippen LogP contribution < -0.4 is 10.6 Å². The SMILES string of the molecule is O=C(NCC1CCCNC1)C1CC1c1cc(Cl)cc(Cl)c1. The summed E-state index contributed by atoms with van der Waals surface area (Å²) in [5, 5.41) is 7.74. The van der Waals surface area contributed by atoms with Gasteiger partial charge in [-0.3, -0.25) is 4.79 Å². The third-order valence-electron chi connectivity index (χ3n) is 4.40. The molecule has 2 aliphatic rings. The van der Waals surface area contributed by atoms with Gasteiger partial charge in [-0.2, -0.15) is 0 Å². The van der Waals surface area contributed by atoms with Crippen LogP contribution in [0.2, 0.25) is 10.0 Å². The summed E-state index contributed by atoms with van der Waals surface area (Å²) in [6.07, 6.45) is 3.30. The fourth-order valence-corrected chi connectivity index (χ4v) is 3.66. The van der Waals surface area contributed by atoms with Crippen molar-refractivity contribution in [3.8, 4) is 0 Å². The second-order valence-electron chi connectivity index (χ2n) is 6.11. The van der Waals surface area contributed by atoms with Crippen LogP contribution in [-0.4, -0.2) is 25.5 Å². The maximum absolute atomic E-state index is 12.2. The van der Waals surface area contributed by atoms with Gasteiger partial charge in [0.15, 0.2) is 0 Å². The largest absolute Gasteiger partial charge is 0.356 e. The number of hydrogen-bond donors (Lipinski definition) is 2. The van der Waals surface area contributed by atoms with Gasteiger partial charge in [-0.25, -0.2) is 0 Å². The van der Waals surface area contributed by atoms with E-state index in [1.54, 1.807) is 6.07 Å². The average Bonchev–Trinajstić information content (AvgIpc) is 3.25. The lowest BCUT2D eigenvalue weighted by Crippen LogP contribution is -2.38. The quantitative estimate of drug-likeness (QED) is 0.892. The Balaban J connectivity index is 1.51. The second-order valence-corrected chi connectivity index (χ2v) is 6.98. The first-order valence-electron chi connectivity index (χ1n) is 7.58. The van der Waals surface area contributed by atoms with Crippen molar-refractivity contribution in [2.24, 2.45) is 11.8 Å². The summed E-state index contributed by atoms with van der Waals surface area (Å²) >= 11 is 12.0. The van der Waals surface area contributed by atoms with Crippen molar-refractivity contribution in [2.45, 2.75) is 25.2 Å². The van der Waals surface area contributed by atoms with E-state index in [2.05, 4.69) is 10.6 Å². The van der Waals surface area contributed by atoms with Crippen LogP contribution >= 0.6 is 23.2 Å². The molecule has 0 aromatic heterocycles. The minimum Gasteiger partial charge on any atom is -0.356 e. The molecule has 21 heavy (non-hydrogen) atoms. The minimum atomic E-state index is 0.0797. The summed E-state index contributed by atoms with van der Waals surface area (Å²) in [5.41, 5.74) is 1.08. The van der Waals surface area contributed by atoms with Crippen molar-refractivity contribution in [2.75, 3.05) is 19.6 Å². The average molecular weight is 327 g/mol. The number of amides is 1. The molecule has 1 aliphatic carbocycles. The molecular weight excluding hydrogens is 307 g/mol. The molecule has 0 spiro atoms. The lowest BCUT2D eigenvalue weighted by molar-refractivity contribution is -0.122. The normalized spacial score (nSPS) is 28.2. The van der Waals surface area contributed by atoms with E-state index in [0.29, 0.717) is 16.0 Å². The number of halogens is 2. The molecule has 1 aromatic carbocycles. The minimum absolute atomic E-state index is 0.0797. The van der Waals surface area contributed by atoms with Crippen molar-refractivity contribution in [1.82, 2.24) is 10.6 Å². The highest BCUT2D eigenvalue weighted by atomic mass is 35.5. The molecule has 0 bridgehead atoms. The van der Waals surface area contributed by atoms with Crippen LogP contribution in [0, 0.1) is 11.8 Å². The molecular formula is C16H20Cl2N2O. The number of carbonyl (C=O) groups excluding carboxylic acids is 1. The standard InChI is InChI=1S/C16H20Cl2N2O/c17-12-4-11(5-13(18)6-12)14-7-15(14)16(21)20-9-10-2-1-3-19-8-10/h4-6,10,14-15,19H,1-3,7-9H2,(H,20,21). The van der Waals surface area contributed by atoms with Crippen LogP contribution in [0.5, 0.6) is 0 Å². The maximum Gasteiger partial charge on any atom is 0.223 e. The van der Waals surface area contributed by atoms with Gasteiger partial charge < -0.3 is 10.6 Å². The highest BCUT2D eigenvalue weighted by molar-refractivity contribution is 6.34. The predicted octanol–water partition coefficient (Wildman–Crippen LogP) is 3.21. The van der Waals surface area contributed by atoms with E-state index < -0.39 is 0 Å². The summed E-state index contributed by atoms with van der Waals surface area (Å²) in [6.45, 7) is 2.90. The van der Waals surface area contributed by atoms with E-state index >= 15 is 0 Å². The summed E-state index contributed by atoms with van der Waals surface area (Å²) in [5.74, 6) is 1.09. The first-order valence-corrected chi connectivity index (χ1v) is 8.33. The van der Waals surface area contributed by atoms with Crippen LogP contribution in [0.4, 0.5) is 0 Å². The Labute approximate surface area is 135 Å². The highest BCUT2D eigenvalue weighted by Gasteiger charge is 2.44. The van der Waals surface area contributed by atoms with Crippen LogP contribution in [0.25, 0.3) is 0 Å². The van der Waals surface area contributed by atoms with Gasteiger partial charge in [0.2, 0.25) is 5.91 Å². The number of hydrogen-bond acceptors (Lipinski definition) is 2. The summed E-state index contributed by atoms with van der Waals surface area (Å²) in [6, 6.07) is 5.55. The zero-order valence-corrected chi connectivity index (χ0v) is 13.4. The number of carbonyl (C=O) groups is 1. The third-order valence-corrected chi connectivity index (χ3v) is 4.84. The monoisotopic (exact) mass is 326 g/mol. The van der Waals surface area contributed by atoms with Gasteiger partial charge in [-0.15, -0.1) is 0 Å². The van der Waals surface area contributed by atoms with Gasteiger partial charge in [0.05, 0.1) is 0 Å². The smallest absolute Gasteiger partial charge is 0.223 e. The van der Waals surface area contributed by atoms with E-state index in [4.69, 9.17) is 23.2 Å². The molecule has 2 fully saturated rings. The fraction of sp³-hybridized carbons (Fsp3) is 0.562. The van der Waals surface area contributed by atoms with Crippen molar-refractivity contribution in [3.63, 3.8) is 0 Å². The lowest BCUT2D eigenvalue weighted by atomic mass is 9.99. The molecule has 3 rings (SSSR count). The Morgan fingerprint density at radius 3 is 2.71 bits per heavy atom. The summed E-state index contributed by atoms with van der Waals surface area (Å²) in [7, 11) is 0. The molecule has 1 aliphatic heterocycles. The Morgan fingerprint density at radius 1 is 1.29 bits per heavy atom. The van der Waals surface area contributed by atoms with Crippen molar-refractivity contribution in [3.05, 3.63) is 33.8 Å². The van der Waals surface area contributed by atoms with Crippen LogP contribution in [-0.2, 0) is 4.79 Å². The molecule has 3 atom stereocenters. The molecule has 5 heteroatoms. The van der Waals surface area contributed by atoms with Gasteiger partial charge in [0.25, 0.3) is 0 Å². The van der Waals surface area contributed by atoms with Crippen LogP contribution in [0.3, 0.4) is 0 Å². The zero-order chi connectivity index (χ0) is 14.8. The Morgan fingerprint density at radius 2 is 2.05 bits per heavy atom. The molecule has 1 heterocycles. The molecule has 2 N–H and O–H groups in total. The number of benzene rings is 1. The molecule has 114 valence electrons. The molecule has 1 saturated carbocycles. The van der Waals surface area contributed by atoms with E-state index in [1.165, 1.54) is 12.8 Å². The Bertz CT molecular complexity index is 509. The molecule has 1 saturated heterocycles. The zero-order valence-electron chi connectivity index (χ0n) is 11.9. The summed E-state index contributed by atoms with van der Waals surface area (Å²) in [4.78, 5) is 12.2. The van der Waals surface area contributed by atoms with Crippen LogP contribution in [0.15, 0.2) is 18.2 Å². The summed E-state index contributed by atoms with van der Waals surface area (Å²) < 4.78 is 0. The van der Waals surface area contributed by atoms with E-state index in [1.807, 2.05) is 12.1 Å². The Hall–Kier alpha value is -0.770. The van der Waals surface area contributed by atoms with Gasteiger partial charge in [-0.05, 0) is 68.0 Å². The molecule has 3 unspecified atom stereocenters. The molecule has 0 radical (unpaired) electrons. The third kappa shape index (κ3) is 3.91. The van der Waals surface area contributed by atoms with E-state index in [-0.39, 0.29) is 17.7 Å². The van der Waals surface area contributed by atoms with Crippen molar-refractivity contribution >= 4 is 29.1 Å². The first-order chi connectivity index (χ1) is 10.1. The van der Waals surface area contributed by atoms with Gasteiger partial charge >= 0.3 is 0 Å². The maximum atomic E-state index is 12.2. The number of piperidine rings is 1. The lowest BCUT2D eigenvalue weighted by Gasteiger charge is -2.22.